The van der Waals surface area contributed by atoms with E-state index in [9.17, 15) is 9.59 Å². The van der Waals surface area contributed by atoms with Crippen LogP contribution in [0.3, 0.4) is 0 Å². The number of hydrogen-bond donors (Lipinski definition) is 1. The van der Waals surface area contributed by atoms with Crippen LogP contribution in [0.2, 0.25) is 0 Å². The lowest BCUT2D eigenvalue weighted by molar-refractivity contribution is -0.136. The highest BCUT2D eigenvalue weighted by Crippen LogP contribution is 2.42. The molecule has 2 amide bonds. The molecule has 0 radical (unpaired) electrons. The Kier molecular flexibility index (Phi) is 6.63. The summed E-state index contributed by atoms with van der Waals surface area (Å²) in [6.07, 6.45) is 11.1. The van der Waals surface area contributed by atoms with Crippen molar-refractivity contribution >= 4 is 29.7 Å². The molecule has 2 aliphatic carbocycles. The largest absolute Gasteiger partial charge is 0.352 e. The molecule has 0 spiro atoms. The van der Waals surface area contributed by atoms with Gasteiger partial charge < -0.3 is 10.2 Å². The van der Waals surface area contributed by atoms with E-state index < -0.39 is 0 Å². The fourth-order valence-corrected chi connectivity index (χ4v) is 6.47. The van der Waals surface area contributed by atoms with E-state index in [0.29, 0.717) is 11.2 Å². The zero-order valence-corrected chi connectivity index (χ0v) is 18.1. The summed E-state index contributed by atoms with van der Waals surface area (Å²) >= 11 is 1.72. The molecule has 1 saturated heterocycles. The highest BCUT2D eigenvalue weighted by atomic mass is 32.2. The first-order valence-corrected chi connectivity index (χ1v) is 12.0. The fraction of sp³-hybridized carbons (Fsp3) is 0.583. The van der Waals surface area contributed by atoms with Crippen molar-refractivity contribution in [2.75, 3.05) is 6.54 Å². The maximum atomic E-state index is 13.3. The summed E-state index contributed by atoms with van der Waals surface area (Å²) < 4.78 is 0. The van der Waals surface area contributed by atoms with E-state index in [1.807, 2.05) is 41.3 Å². The minimum atomic E-state index is 0.00684. The van der Waals surface area contributed by atoms with Gasteiger partial charge in [-0.05, 0) is 43.2 Å². The Balaban J connectivity index is 1.50. The van der Waals surface area contributed by atoms with Gasteiger partial charge in [0, 0.05) is 17.3 Å². The number of carbonyl (C=O) groups is 2. The number of nitrogens with zero attached hydrogens (tertiary/aromatic N) is 1. The number of thioether (sulfide) groups is 1. The number of amides is 2. The molecule has 3 aliphatic rings. The zero-order valence-electron chi connectivity index (χ0n) is 17.3. The minimum Gasteiger partial charge on any atom is -0.352 e. The molecule has 0 aromatic heterocycles. The maximum Gasteiger partial charge on any atom is 0.261 e. The van der Waals surface area contributed by atoms with E-state index in [-0.39, 0.29) is 30.4 Å². The lowest BCUT2D eigenvalue weighted by Crippen LogP contribution is -2.55. The number of carbonyl (C=O) groups excluding carboxylic acids is 2. The van der Waals surface area contributed by atoms with Gasteiger partial charge in [-0.3, -0.25) is 9.59 Å². The molecule has 1 heterocycles. The number of hydrogen-bond acceptors (Lipinski definition) is 3. The summed E-state index contributed by atoms with van der Waals surface area (Å²) in [4.78, 5) is 28.9. The molecular formula is C24H32N2O2S. The predicted molar refractivity (Wildman–Crippen MR) is 119 cm³/mol. The topological polar surface area (TPSA) is 49.4 Å². The van der Waals surface area contributed by atoms with E-state index in [0.717, 1.165) is 36.2 Å². The zero-order chi connectivity index (χ0) is 20.2. The van der Waals surface area contributed by atoms with Crippen LogP contribution in [0.25, 0.3) is 6.08 Å². The normalized spacial score (nSPS) is 31.4. The monoisotopic (exact) mass is 412 g/mol. The molecule has 3 fully saturated rings. The number of nitrogens with one attached hydrogen (secondary N) is 1. The third-order valence-electron chi connectivity index (χ3n) is 6.69. The fourth-order valence-electron chi connectivity index (χ4n) is 5.00. The molecule has 29 heavy (non-hydrogen) atoms. The van der Waals surface area contributed by atoms with Gasteiger partial charge >= 0.3 is 0 Å². The Morgan fingerprint density at radius 3 is 2.62 bits per heavy atom. The van der Waals surface area contributed by atoms with Gasteiger partial charge in [-0.15, -0.1) is 11.8 Å². The number of benzene rings is 1. The molecule has 156 valence electrons. The van der Waals surface area contributed by atoms with Crippen molar-refractivity contribution < 1.29 is 9.59 Å². The van der Waals surface area contributed by atoms with Crippen molar-refractivity contribution in [3.05, 3.63) is 40.8 Å². The van der Waals surface area contributed by atoms with Crippen molar-refractivity contribution in [1.29, 1.82) is 0 Å². The Hall–Kier alpha value is -1.75. The van der Waals surface area contributed by atoms with E-state index in [1.165, 1.54) is 25.7 Å². The second-order valence-electron chi connectivity index (χ2n) is 8.80. The number of fused-ring (bicyclic) bond motifs is 1. The van der Waals surface area contributed by atoms with Crippen LogP contribution in [0.1, 0.15) is 63.9 Å². The average molecular weight is 413 g/mol. The molecule has 1 N–H and O–H groups in total. The Labute approximate surface area is 178 Å². The van der Waals surface area contributed by atoms with Crippen LogP contribution in [-0.2, 0) is 9.59 Å². The second-order valence-corrected chi connectivity index (χ2v) is 10.1. The summed E-state index contributed by atoms with van der Waals surface area (Å²) in [5.41, 5.74) is 1.04. The van der Waals surface area contributed by atoms with Crippen LogP contribution in [0, 0.1) is 5.92 Å². The Bertz CT molecular complexity index is 763. The second kappa shape index (κ2) is 9.38. The third-order valence-corrected chi connectivity index (χ3v) is 8.09. The summed E-state index contributed by atoms with van der Waals surface area (Å²) in [5, 5.41) is 3.64. The first kappa shape index (κ1) is 20.5. The summed E-state index contributed by atoms with van der Waals surface area (Å²) in [5.74, 6) is 0.553. The summed E-state index contributed by atoms with van der Waals surface area (Å²) in [6, 6.07) is 10.5. The highest BCUT2D eigenvalue weighted by Gasteiger charge is 2.41. The van der Waals surface area contributed by atoms with Gasteiger partial charge in [0.15, 0.2) is 0 Å². The van der Waals surface area contributed by atoms with Crippen LogP contribution in [0.4, 0.5) is 0 Å². The molecular weight excluding hydrogens is 380 g/mol. The molecule has 4 nitrogen and oxygen atoms in total. The Morgan fingerprint density at radius 2 is 1.83 bits per heavy atom. The lowest BCUT2D eigenvalue weighted by Gasteiger charge is -2.44. The molecule has 1 aromatic rings. The summed E-state index contributed by atoms with van der Waals surface area (Å²) in [6.45, 7) is 2.42. The van der Waals surface area contributed by atoms with Crippen molar-refractivity contribution in [2.24, 2.45) is 5.92 Å². The van der Waals surface area contributed by atoms with Crippen molar-refractivity contribution in [3.63, 3.8) is 0 Å². The van der Waals surface area contributed by atoms with E-state index in [1.54, 1.807) is 11.8 Å². The van der Waals surface area contributed by atoms with Gasteiger partial charge in [-0.25, -0.2) is 0 Å². The molecule has 1 aliphatic heterocycles. The maximum absolute atomic E-state index is 13.3. The quantitative estimate of drug-likeness (QED) is 0.735. The molecule has 4 atom stereocenters. The number of rotatable bonds is 4. The first-order valence-electron chi connectivity index (χ1n) is 11.2. The van der Waals surface area contributed by atoms with Crippen LogP contribution in [0.15, 0.2) is 35.2 Å². The summed E-state index contributed by atoms with van der Waals surface area (Å²) in [7, 11) is 0. The van der Waals surface area contributed by atoms with Gasteiger partial charge in [0.25, 0.3) is 5.91 Å². The molecule has 5 heteroatoms. The van der Waals surface area contributed by atoms with Gasteiger partial charge in [0.05, 0.1) is 4.91 Å². The van der Waals surface area contributed by atoms with Gasteiger partial charge in [-0.2, -0.15) is 0 Å². The minimum absolute atomic E-state index is 0.00684. The van der Waals surface area contributed by atoms with Crippen molar-refractivity contribution in [3.8, 4) is 0 Å². The van der Waals surface area contributed by atoms with Crippen LogP contribution >= 0.6 is 11.8 Å². The van der Waals surface area contributed by atoms with Gasteiger partial charge in [-0.1, -0.05) is 62.9 Å². The highest BCUT2D eigenvalue weighted by molar-refractivity contribution is 8.04. The standard InChI is InChI=1S/C24H32N2O2S/c1-17-9-5-6-12-19(17)25-23(27)16-26-20-13-7-8-14-21(20)29-22(24(26)28)15-18-10-3-2-4-11-18/h2-4,10-11,15,17,19-21H,5-9,12-14,16H2,1H3,(H,25,27)/b22-15-. The SMILES string of the molecule is CC1CCCCC1NC(=O)CN1C(=O)/C(=C/c2ccccc2)SC2CCCCC21. The van der Waals surface area contributed by atoms with Crippen LogP contribution < -0.4 is 5.32 Å². The average Bonchev–Trinajstić information content (AvgIpc) is 2.73. The van der Waals surface area contributed by atoms with E-state index >= 15 is 0 Å². The van der Waals surface area contributed by atoms with Crippen molar-refractivity contribution in [2.45, 2.75) is 75.6 Å². The third kappa shape index (κ3) is 4.88. The van der Waals surface area contributed by atoms with Crippen molar-refractivity contribution in [1.82, 2.24) is 10.2 Å². The first-order chi connectivity index (χ1) is 14.1. The molecule has 1 aromatic carbocycles. The van der Waals surface area contributed by atoms with E-state index in [2.05, 4.69) is 12.2 Å². The lowest BCUT2D eigenvalue weighted by atomic mass is 9.86. The predicted octanol–water partition coefficient (Wildman–Crippen LogP) is 4.61. The molecule has 4 unspecified atom stereocenters. The van der Waals surface area contributed by atoms with Crippen LogP contribution in [-0.4, -0.2) is 40.6 Å². The van der Waals surface area contributed by atoms with Crippen LogP contribution in [0.5, 0.6) is 0 Å². The van der Waals surface area contributed by atoms with Gasteiger partial charge in [0.1, 0.15) is 6.54 Å². The molecule has 4 rings (SSSR count). The van der Waals surface area contributed by atoms with E-state index in [4.69, 9.17) is 0 Å². The molecule has 0 bridgehead atoms. The van der Waals surface area contributed by atoms with Gasteiger partial charge in [0.2, 0.25) is 5.91 Å². The smallest absolute Gasteiger partial charge is 0.261 e. The molecule has 2 saturated carbocycles. The Morgan fingerprint density at radius 1 is 1.10 bits per heavy atom.